The normalized spacial score (nSPS) is 14.3. The Morgan fingerprint density at radius 1 is 1.47 bits per heavy atom. The van der Waals surface area contributed by atoms with E-state index in [0.717, 1.165) is 6.42 Å². The molecular formula is C9H17F3N2O. The fourth-order valence-electron chi connectivity index (χ4n) is 1.00. The number of halogens is 3. The molecule has 0 saturated carbocycles. The molecule has 0 amide bonds. The summed E-state index contributed by atoms with van der Waals surface area (Å²) in [7, 11) is 1.48. The lowest BCUT2D eigenvalue weighted by molar-refractivity contribution is -0.171. The van der Waals surface area contributed by atoms with Crippen molar-refractivity contribution in [2.75, 3.05) is 20.1 Å². The van der Waals surface area contributed by atoms with E-state index in [2.05, 4.69) is 0 Å². The van der Waals surface area contributed by atoms with Crippen LogP contribution < -0.4 is 5.73 Å². The molecule has 0 aromatic carbocycles. The van der Waals surface area contributed by atoms with E-state index in [1.54, 1.807) is 0 Å². The molecule has 0 spiro atoms. The van der Waals surface area contributed by atoms with Gasteiger partial charge in [0.05, 0.1) is 6.54 Å². The number of hydrogen-bond donors (Lipinski definition) is 1. The number of ketones is 1. The summed E-state index contributed by atoms with van der Waals surface area (Å²) in [5.41, 5.74) is 5.60. The van der Waals surface area contributed by atoms with Crippen molar-refractivity contribution in [1.29, 1.82) is 0 Å². The lowest BCUT2D eigenvalue weighted by Crippen LogP contribution is -2.37. The molecule has 0 saturated heterocycles. The third-order valence-electron chi connectivity index (χ3n) is 2.14. The van der Waals surface area contributed by atoms with E-state index in [1.165, 1.54) is 11.9 Å². The van der Waals surface area contributed by atoms with Gasteiger partial charge in [-0.3, -0.25) is 9.69 Å². The van der Waals surface area contributed by atoms with Gasteiger partial charge in [-0.2, -0.15) is 13.2 Å². The minimum Gasteiger partial charge on any atom is -0.328 e. The third-order valence-corrected chi connectivity index (χ3v) is 2.14. The van der Waals surface area contributed by atoms with Crippen molar-refractivity contribution >= 4 is 5.78 Å². The highest BCUT2D eigenvalue weighted by molar-refractivity contribution is 5.85. The molecule has 0 fully saturated rings. The van der Waals surface area contributed by atoms with Gasteiger partial charge in [0.25, 0.3) is 0 Å². The van der Waals surface area contributed by atoms with Crippen LogP contribution in [0.2, 0.25) is 0 Å². The molecule has 90 valence electrons. The first kappa shape index (κ1) is 14.4. The Balaban J connectivity index is 3.84. The summed E-state index contributed by atoms with van der Waals surface area (Å²) >= 11 is 0. The van der Waals surface area contributed by atoms with E-state index >= 15 is 0 Å². The molecule has 0 aliphatic heterocycles. The summed E-state index contributed by atoms with van der Waals surface area (Å²) in [6.45, 7) is 1.71. The molecule has 2 N–H and O–H groups in total. The van der Waals surface area contributed by atoms with Crippen LogP contribution >= 0.6 is 0 Å². The average Bonchev–Trinajstić information content (AvgIpc) is 2.12. The maximum Gasteiger partial charge on any atom is 0.451 e. The maximum absolute atomic E-state index is 11.9. The van der Waals surface area contributed by atoms with E-state index in [0.29, 0.717) is 13.0 Å². The second kappa shape index (κ2) is 6.07. The van der Waals surface area contributed by atoms with Crippen LogP contribution in [0.4, 0.5) is 13.2 Å². The number of likely N-dealkylation sites (N-methyl/N-ethyl adjacent to an activating group) is 1. The fraction of sp³-hybridized carbons (Fsp3) is 0.889. The predicted molar refractivity (Wildman–Crippen MR) is 51.4 cm³/mol. The van der Waals surface area contributed by atoms with Gasteiger partial charge in [0.15, 0.2) is 0 Å². The monoisotopic (exact) mass is 226 g/mol. The molecule has 6 heteroatoms. The van der Waals surface area contributed by atoms with Crippen molar-refractivity contribution in [2.24, 2.45) is 5.73 Å². The molecule has 0 aromatic heterocycles. The van der Waals surface area contributed by atoms with Crippen LogP contribution in [-0.2, 0) is 4.79 Å². The molecule has 0 bridgehead atoms. The van der Waals surface area contributed by atoms with Gasteiger partial charge in [-0.1, -0.05) is 6.92 Å². The van der Waals surface area contributed by atoms with Gasteiger partial charge in [0.1, 0.15) is 0 Å². The maximum atomic E-state index is 11.9. The highest BCUT2D eigenvalue weighted by atomic mass is 19.4. The summed E-state index contributed by atoms with van der Waals surface area (Å²) in [6, 6.07) is -0.0200. The van der Waals surface area contributed by atoms with Crippen molar-refractivity contribution in [3.05, 3.63) is 0 Å². The topological polar surface area (TPSA) is 46.3 Å². The van der Waals surface area contributed by atoms with Gasteiger partial charge >= 0.3 is 6.18 Å². The van der Waals surface area contributed by atoms with Crippen molar-refractivity contribution in [2.45, 2.75) is 32.0 Å². The standard InChI is InChI=1S/C9H17F3N2O/c1-3-7(13)4-5-14(2)6-8(15)9(10,11)12/h7H,3-6,13H2,1-2H3. The van der Waals surface area contributed by atoms with E-state index in [9.17, 15) is 18.0 Å². The number of Topliss-reactive ketones (excluding diaryl/α,β-unsaturated/α-hetero) is 1. The van der Waals surface area contributed by atoms with Crippen LogP contribution in [0.1, 0.15) is 19.8 Å². The lowest BCUT2D eigenvalue weighted by atomic mass is 10.1. The molecule has 0 aliphatic rings. The number of nitrogens with zero attached hydrogens (tertiary/aromatic N) is 1. The lowest BCUT2D eigenvalue weighted by Gasteiger charge is -2.18. The summed E-state index contributed by atoms with van der Waals surface area (Å²) in [5.74, 6) is -1.71. The smallest absolute Gasteiger partial charge is 0.328 e. The Bertz CT molecular complexity index is 206. The van der Waals surface area contributed by atoms with Crippen LogP contribution in [0.15, 0.2) is 0 Å². The Morgan fingerprint density at radius 3 is 2.40 bits per heavy atom. The van der Waals surface area contributed by atoms with E-state index in [-0.39, 0.29) is 6.04 Å². The van der Waals surface area contributed by atoms with Crippen molar-refractivity contribution < 1.29 is 18.0 Å². The molecule has 0 radical (unpaired) electrons. The average molecular weight is 226 g/mol. The minimum atomic E-state index is -4.73. The van der Waals surface area contributed by atoms with Crippen molar-refractivity contribution in [3.8, 4) is 0 Å². The van der Waals surface area contributed by atoms with E-state index < -0.39 is 18.5 Å². The Hall–Kier alpha value is -0.620. The second-order valence-electron chi connectivity index (χ2n) is 3.62. The number of carbonyl (C=O) groups is 1. The number of hydrogen-bond acceptors (Lipinski definition) is 3. The minimum absolute atomic E-state index is 0.0200. The summed E-state index contributed by atoms with van der Waals surface area (Å²) in [5, 5.41) is 0. The molecule has 3 nitrogen and oxygen atoms in total. The quantitative estimate of drug-likeness (QED) is 0.739. The molecule has 0 aliphatic carbocycles. The molecule has 0 heterocycles. The first-order valence-corrected chi connectivity index (χ1v) is 4.81. The Kier molecular flexibility index (Phi) is 5.82. The number of alkyl halides is 3. The fourth-order valence-corrected chi connectivity index (χ4v) is 1.00. The molecule has 0 rings (SSSR count). The van der Waals surface area contributed by atoms with Gasteiger partial charge in [0, 0.05) is 6.04 Å². The van der Waals surface area contributed by atoms with Gasteiger partial charge in [-0.15, -0.1) is 0 Å². The van der Waals surface area contributed by atoms with Gasteiger partial charge in [0.2, 0.25) is 5.78 Å². The van der Waals surface area contributed by atoms with Gasteiger partial charge in [-0.25, -0.2) is 0 Å². The highest BCUT2D eigenvalue weighted by Crippen LogP contribution is 2.16. The van der Waals surface area contributed by atoms with Crippen LogP contribution in [0.25, 0.3) is 0 Å². The van der Waals surface area contributed by atoms with Crippen molar-refractivity contribution in [3.63, 3.8) is 0 Å². The third kappa shape index (κ3) is 6.46. The Labute approximate surface area is 87.4 Å². The van der Waals surface area contributed by atoms with Gasteiger partial charge < -0.3 is 5.73 Å². The number of nitrogens with two attached hydrogens (primary N) is 1. The zero-order valence-corrected chi connectivity index (χ0v) is 8.97. The SMILES string of the molecule is CCC(N)CCN(C)CC(=O)C(F)(F)F. The van der Waals surface area contributed by atoms with E-state index in [4.69, 9.17) is 5.73 Å². The first-order chi connectivity index (χ1) is 6.77. The number of carbonyl (C=O) groups excluding carboxylic acids is 1. The molecule has 0 aromatic rings. The van der Waals surface area contributed by atoms with Crippen LogP contribution in [0.3, 0.4) is 0 Å². The zero-order chi connectivity index (χ0) is 12.1. The van der Waals surface area contributed by atoms with Crippen LogP contribution in [0.5, 0.6) is 0 Å². The Morgan fingerprint density at radius 2 is 2.00 bits per heavy atom. The highest BCUT2D eigenvalue weighted by Gasteiger charge is 2.38. The first-order valence-electron chi connectivity index (χ1n) is 4.81. The molecule has 1 atom stereocenters. The van der Waals surface area contributed by atoms with Gasteiger partial charge in [-0.05, 0) is 26.4 Å². The zero-order valence-electron chi connectivity index (χ0n) is 8.97. The second-order valence-corrected chi connectivity index (χ2v) is 3.62. The largest absolute Gasteiger partial charge is 0.451 e. The van der Waals surface area contributed by atoms with Crippen LogP contribution in [-0.4, -0.2) is 43.0 Å². The number of rotatable bonds is 6. The summed E-state index contributed by atoms with van der Waals surface area (Å²) in [4.78, 5) is 11.9. The molecular weight excluding hydrogens is 209 g/mol. The predicted octanol–water partition coefficient (Wildman–Crippen LogP) is 1.18. The summed E-state index contributed by atoms with van der Waals surface area (Å²) in [6.07, 6.45) is -3.36. The van der Waals surface area contributed by atoms with E-state index in [1.807, 2.05) is 6.92 Å². The molecule has 1 unspecified atom stereocenters. The summed E-state index contributed by atoms with van der Waals surface area (Å²) < 4.78 is 35.6. The molecule has 15 heavy (non-hydrogen) atoms. The van der Waals surface area contributed by atoms with Crippen molar-refractivity contribution in [1.82, 2.24) is 4.90 Å². The van der Waals surface area contributed by atoms with Crippen LogP contribution in [0, 0.1) is 0 Å².